The monoisotopic (exact) mass is 285 g/mol. The predicted octanol–water partition coefficient (Wildman–Crippen LogP) is 3.89. The van der Waals surface area contributed by atoms with Gasteiger partial charge in [0.25, 0.3) is 0 Å². The van der Waals surface area contributed by atoms with E-state index >= 15 is 0 Å². The first kappa shape index (κ1) is 13.2. The zero-order valence-electron chi connectivity index (χ0n) is 10.1. The van der Waals surface area contributed by atoms with Gasteiger partial charge in [-0.2, -0.15) is 0 Å². The Hall–Kier alpha value is -1.19. The minimum absolute atomic E-state index is 0.234. The quantitative estimate of drug-likeness (QED) is 0.870. The van der Waals surface area contributed by atoms with Crippen molar-refractivity contribution in [3.05, 3.63) is 33.4 Å². The first-order valence-electron chi connectivity index (χ1n) is 5.64. The van der Waals surface area contributed by atoms with Gasteiger partial charge in [-0.3, -0.25) is 4.79 Å². The summed E-state index contributed by atoms with van der Waals surface area (Å²) in [6.07, 6.45) is 0.234. The summed E-state index contributed by atoms with van der Waals surface area (Å²) in [4.78, 5) is 14.8. The third-order valence-corrected chi connectivity index (χ3v) is 3.51. The molecule has 0 unspecified atom stereocenters. The Morgan fingerprint density at radius 1 is 1.33 bits per heavy atom. The number of H-pyrrole nitrogens is 1. The van der Waals surface area contributed by atoms with Crippen molar-refractivity contribution in [3.63, 3.8) is 0 Å². The van der Waals surface area contributed by atoms with Gasteiger partial charge in [-0.25, -0.2) is 0 Å². The molecule has 3 nitrogen and oxygen atoms in total. The Bertz CT molecular complexity index is 605. The summed E-state index contributed by atoms with van der Waals surface area (Å²) in [5.41, 5.74) is 2.71. The molecule has 0 radical (unpaired) electrons. The van der Waals surface area contributed by atoms with Gasteiger partial charge in [0.15, 0.2) is 0 Å². The molecule has 0 saturated heterocycles. The maximum absolute atomic E-state index is 11.6. The van der Waals surface area contributed by atoms with Crippen molar-refractivity contribution in [1.82, 2.24) is 4.98 Å². The van der Waals surface area contributed by atoms with Crippen LogP contribution in [0.2, 0.25) is 10.0 Å². The molecule has 0 amide bonds. The highest BCUT2D eigenvalue weighted by atomic mass is 35.5. The topological polar surface area (TPSA) is 42.1 Å². The maximum atomic E-state index is 11.6. The molecule has 18 heavy (non-hydrogen) atoms. The van der Waals surface area contributed by atoms with E-state index in [9.17, 15) is 4.79 Å². The van der Waals surface area contributed by atoms with Crippen molar-refractivity contribution in [2.45, 2.75) is 20.3 Å². The van der Waals surface area contributed by atoms with Crippen molar-refractivity contribution < 1.29 is 9.53 Å². The van der Waals surface area contributed by atoms with Crippen molar-refractivity contribution in [2.24, 2.45) is 0 Å². The fourth-order valence-electron chi connectivity index (χ4n) is 1.96. The molecule has 96 valence electrons. The zero-order valence-corrected chi connectivity index (χ0v) is 11.7. The second kappa shape index (κ2) is 5.21. The number of carbonyl (C=O) groups excluding carboxylic acids is 1. The lowest BCUT2D eigenvalue weighted by molar-refractivity contribution is -0.142. The molecular formula is C13H13Cl2NO2. The van der Waals surface area contributed by atoms with E-state index in [-0.39, 0.29) is 12.4 Å². The summed E-state index contributed by atoms with van der Waals surface area (Å²) in [5, 5.41) is 1.89. The number of ether oxygens (including phenoxy) is 1. The van der Waals surface area contributed by atoms with Gasteiger partial charge in [0.1, 0.15) is 0 Å². The van der Waals surface area contributed by atoms with Crippen LogP contribution in [0.15, 0.2) is 12.1 Å². The molecule has 0 atom stereocenters. The number of aromatic amines is 1. The number of halogens is 2. The van der Waals surface area contributed by atoms with Crippen molar-refractivity contribution in [1.29, 1.82) is 0 Å². The van der Waals surface area contributed by atoms with Crippen molar-refractivity contribution in [3.8, 4) is 0 Å². The molecule has 0 bridgehead atoms. The molecule has 1 aromatic carbocycles. The second-order valence-electron chi connectivity index (χ2n) is 4.02. The predicted molar refractivity (Wildman–Crippen MR) is 73.4 cm³/mol. The molecule has 0 spiro atoms. The van der Waals surface area contributed by atoms with Gasteiger partial charge >= 0.3 is 5.97 Å². The lowest BCUT2D eigenvalue weighted by atomic mass is 10.1. The van der Waals surface area contributed by atoms with E-state index in [2.05, 4.69) is 4.98 Å². The number of rotatable bonds is 3. The minimum Gasteiger partial charge on any atom is -0.466 e. The Kier molecular flexibility index (Phi) is 3.83. The molecule has 0 fully saturated rings. The Balaban J connectivity index is 2.46. The van der Waals surface area contributed by atoms with E-state index in [0.717, 1.165) is 22.2 Å². The number of nitrogens with one attached hydrogen (secondary N) is 1. The zero-order chi connectivity index (χ0) is 13.3. The molecule has 0 aliphatic heterocycles. The highest BCUT2D eigenvalue weighted by molar-refractivity contribution is 6.42. The van der Waals surface area contributed by atoms with Crippen molar-refractivity contribution >= 4 is 40.1 Å². The number of fused-ring (bicyclic) bond motifs is 1. The lowest BCUT2D eigenvalue weighted by Gasteiger charge is -2.02. The highest BCUT2D eigenvalue weighted by Gasteiger charge is 2.14. The first-order chi connectivity index (χ1) is 8.52. The normalized spacial score (nSPS) is 10.9. The average molecular weight is 286 g/mol. The van der Waals surface area contributed by atoms with E-state index in [0.29, 0.717) is 16.7 Å². The van der Waals surface area contributed by atoms with Crippen LogP contribution in [0.25, 0.3) is 10.9 Å². The summed E-state index contributed by atoms with van der Waals surface area (Å²) in [6, 6.07) is 3.54. The highest BCUT2D eigenvalue weighted by Crippen LogP contribution is 2.31. The first-order valence-corrected chi connectivity index (χ1v) is 6.40. The number of aryl methyl sites for hydroxylation is 1. The van der Waals surface area contributed by atoms with Crippen LogP contribution in [0.3, 0.4) is 0 Å². The number of benzene rings is 1. The van der Waals surface area contributed by atoms with Gasteiger partial charge in [-0.15, -0.1) is 0 Å². The van der Waals surface area contributed by atoms with Crippen LogP contribution in [0.4, 0.5) is 0 Å². The molecule has 1 N–H and O–H groups in total. The average Bonchev–Trinajstić information content (AvgIpc) is 2.57. The molecule has 0 aliphatic carbocycles. The van der Waals surface area contributed by atoms with Gasteiger partial charge in [-0.05, 0) is 31.5 Å². The van der Waals surface area contributed by atoms with Gasteiger partial charge in [0.2, 0.25) is 0 Å². The van der Waals surface area contributed by atoms with Gasteiger partial charge in [0.05, 0.1) is 23.1 Å². The Labute approximate surface area is 115 Å². The van der Waals surface area contributed by atoms with Crippen LogP contribution in [-0.2, 0) is 16.0 Å². The molecule has 0 aliphatic rings. The summed E-state index contributed by atoms with van der Waals surface area (Å²) in [7, 11) is 0. The third kappa shape index (κ3) is 2.47. The minimum atomic E-state index is -0.243. The number of hydrogen-bond donors (Lipinski definition) is 1. The van der Waals surface area contributed by atoms with E-state index in [1.165, 1.54) is 0 Å². The number of aromatic nitrogens is 1. The summed E-state index contributed by atoms with van der Waals surface area (Å²) < 4.78 is 4.96. The lowest BCUT2D eigenvalue weighted by Crippen LogP contribution is -2.07. The summed E-state index contributed by atoms with van der Waals surface area (Å²) >= 11 is 12.0. The van der Waals surface area contributed by atoms with E-state index < -0.39 is 0 Å². The van der Waals surface area contributed by atoms with E-state index in [4.69, 9.17) is 27.9 Å². The van der Waals surface area contributed by atoms with Crippen LogP contribution in [0, 0.1) is 6.92 Å². The van der Waals surface area contributed by atoms with E-state index in [1.807, 2.05) is 6.92 Å². The third-order valence-electron chi connectivity index (χ3n) is 2.79. The fraction of sp³-hybridized carbons (Fsp3) is 0.308. The van der Waals surface area contributed by atoms with Crippen LogP contribution >= 0.6 is 23.2 Å². The van der Waals surface area contributed by atoms with Gasteiger partial charge in [-0.1, -0.05) is 23.2 Å². The molecule has 2 rings (SSSR count). The van der Waals surface area contributed by atoms with Crippen LogP contribution in [0.1, 0.15) is 18.2 Å². The summed E-state index contributed by atoms with van der Waals surface area (Å²) in [5.74, 6) is -0.243. The van der Waals surface area contributed by atoms with Crippen LogP contribution in [0.5, 0.6) is 0 Å². The maximum Gasteiger partial charge on any atom is 0.310 e. The Morgan fingerprint density at radius 3 is 2.67 bits per heavy atom. The number of hydrogen-bond acceptors (Lipinski definition) is 2. The number of carbonyl (C=O) groups is 1. The molecule has 5 heteroatoms. The van der Waals surface area contributed by atoms with Crippen molar-refractivity contribution in [2.75, 3.05) is 6.61 Å². The number of esters is 1. The molecule has 2 aromatic rings. The molecule has 1 aromatic heterocycles. The summed E-state index contributed by atoms with van der Waals surface area (Å²) in [6.45, 7) is 4.08. The fourth-order valence-corrected chi connectivity index (χ4v) is 2.29. The SMILES string of the molecule is CCOC(=O)Cc1c(C)[nH]c2cc(Cl)c(Cl)cc12. The smallest absolute Gasteiger partial charge is 0.310 e. The van der Waals surface area contributed by atoms with Crippen LogP contribution < -0.4 is 0 Å². The molecule has 1 heterocycles. The second-order valence-corrected chi connectivity index (χ2v) is 4.84. The molecule has 0 saturated carbocycles. The van der Waals surface area contributed by atoms with Gasteiger partial charge in [0, 0.05) is 16.6 Å². The van der Waals surface area contributed by atoms with Gasteiger partial charge < -0.3 is 9.72 Å². The Morgan fingerprint density at radius 2 is 2.00 bits per heavy atom. The van der Waals surface area contributed by atoms with E-state index in [1.54, 1.807) is 19.1 Å². The van der Waals surface area contributed by atoms with Crippen LogP contribution in [-0.4, -0.2) is 17.6 Å². The molecular weight excluding hydrogens is 273 g/mol. The standard InChI is InChI=1S/C13H13Cl2NO2/c1-3-18-13(17)5-8-7(2)16-12-6-11(15)10(14)4-9(8)12/h4,6,16H,3,5H2,1-2H3. The largest absolute Gasteiger partial charge is 0.466 e.